The van der Waals surface area contributed by atoms with Gasteiger partial charge in [-0.15, -0.1) is 7.77 Å². The molecule has 0 heterocycles. The van der Waals surface area contributed by atoms with E-state index >= 15 is 0 Å². The van der Waals surface area contributed by atoms with Crippen LogP contribution in [0, 0.1) is 0 Å². The molecule has 0 radical (unpaired) electrons. The van der Waals surface area contributed by atoms with E-state index in [1.807, 2.05) is 0 Å². The molecule has 0 saturated heterocycles. The fourth-order valence-corrected chi connectivity index (χ4v) is 2.30. The quantitative estimate of drug-likeness (QED) is 0.429. The Kier molecular flexibility index (Phi) is 4.41. The van der Waals surface area contributed by atoms with Gasteiger partial charge in [-0.2, -0.15) is 13.2 Å². The first-order chi connectivity index (χ1) is 10.2. The van der Waals surface area contributed by atoms with Crippen LogP contribution in [0.1, 0.15) is 10.4 Å². The number of carbonyl (C=O) groups is 1. The zero-order valence-electron chi connectivity index (χ0n) is 10.8. The molecule has 0 saturated carbocycles. The summed E-state index contributed by atoms with van der Waals surface area (Å²) >= 11 is 0. The summed E-state index contributed by atoms with van der Waals surface area (Å²) in [5, 5.41) is 0. The third kappa shape index (κ3) is 3.38. The number of esters is 1. The summed E-state index contributed by atoms with van der Waals surface area (Å²) in [4.78, 5) is 10.6. The van der Waals surface area contributed by atoms with Gasteiger partial charge in [-0.25, -0.2) is 4.79 Å². The maximum atomic E-state index is 13.2. The second-order valence-electron chi connectivity index (χ2n) is 4.14. The normalized spacial score (nSPS) is 12.8. The van der Waals surface area contributed by atoms with Crippen LogP contribution in [0.4, 0.5) is 20.9 Å². The third-order valence-corrected chi connectivity index (χ3v) is 4.08. The van der Waals surface area contributed by atoms with Gasteiger partial charge in [0.1, 0.15) is 5.75 Å². The summed E-state index contributed by atoms with van der Waals surface area (Å²) in [5.74, 6) is -0.849. The second-order valence-corrected chi connectivity index (χ2v) is 6.01. The van der Waals surface area contributed by atoms with Crippen LogP contribution in [0.5, 0.6) is 5.75 Å². The summed E-state index contributed by atoms with van der Waals surface area (Å²) < 4.78 is 68.0. The minimum Gasteiger partial charge on any atom is -0.423 e. The van der Waals surface area contributed by atoms with Crippen LogP contribution in [0.3, 0.4) is 0 Å². The lowest BCUT2D eigenvalue weighted by atomic mass is 10.2. The second kappa shape index (κ2) is 5.96. The third-order valence-electron chi connectivity index (χ3n) is 2.63. The van der Waals surface area contributed by atoms with E-state index in [9.17, 15) is 25.7 Å². The van der Waals surface area contributed by atoms with Gasteiger partial charge in [-0.3, -0.25) is 0 Å². The van der Waals surface area contributed by atoms with Crippen LogP contribution in [-0.4, -0.2) is 11.5 Å². The average Bonchev–Trinajstić information content (AvgIpc) is 2.47. The van der Waals surface area contributed by atoms with E-state index < -0.39 is 27.2 Å². The van der Waals surface area contributed by atoms with Crippen LogP contribution in [0.15, 0.2) is 59.5 Å². The van der Waals surface area contributed by atoms with Gasteiger partial charge in [0.25, 0.3) is 0 Å². The molecule has 0 N–H and O–H groups in total. The number of carbonyl (C=O) groups excluding carboxylic acids is 1. The smallest absolute Gasteiger partial charge is 0.423 e. The fraction of sp³-hybridized carbons (Fsp3) is 0.0714. The summed E-state index contributed by atoms with van der Waals surface area (Å²) in [6.45, 7) is 0. The van der Waals surface area contributed by atoms with Crippen LogP contribution in [0.25, 0.3) is 0 Å². The zero-order chi connectivity index (χ0) is 16.4. The van der Waals surface area contributed by atoms with Crippen molar-refractivity contribution in [2.45, 2.75) is 10.4 Å². The molecule has 0 fully saturated rings. The van der Waals surface area contributed by atoms with Crippen molar-refractivity contribution in [3.05, 3.63) is 60.2 Å². The molecule has 2 rings (SSSR count). The molecule has 8 heteroatoms. The van der Waals surface area contributed by atoms with Crippen molar-refractivity contribution in [3.8, 4) is 5.75 Å². The van der Waals surface area contributed by atoms with Crippen molar-refractivity contribution in [1.82, 2.24) is 0 Å². The van der Waals surface area contributed by atoms with Crippen LogP contribution in [-0.2, 0) is 0 Å². The Morgan fingerprint density at radius 2 is 1.45 bits per heavy atom. The molecular formula is C14H9F5O2S. The lowest BCUT2D eigenvalue weighted by Crippen LogP contribution is -2.13. The van der Waals surface area contributed by atoms with Gasteiger partial charge in [0.15, 0.2) is 10.8 Å². The molecule has 2 nitrogen and oxygen atoms in total. The van der Waals surface area contributed by atoms with Crippen molar-refractivity contribution in [3.63, 3.8) is 0 Å². The monoisotopic (exact) mass is 336 g/mol. The summed E-state index contributed by atoms with van der Waals surface area (Å²) in [7, 11) is -5.91. The van der Waals surface area contributed by atoms with E-state index in [-0.39, 0.29) is 11.3 Å². The molecule has 0 aliphatic heterocycles. The number of rotatable bonds is 3. The molecule has 22 heavy (non-hydrogen) atoms. The van der Waals surface area contributed by atoms with E-state index in [0.717, 1.165) is 12.1 Å². The minimum atomic E-state index is -5.91. The molecule has 0 aliphatic carbocycles. The number of halogens is 5. The van der Waals surface area contributed by atoms with E-state index in [4.69, 9.17) is 4.74 Å². The average molecular weight is 336 g/mol. The van der Waals surface area contributed by atoms with Crippen molar-refractivity contribution < 1.29 is 30.5 Å². The highest BCUT2D eigenvalue weighted by Gasteiger charge is 2.54. The van der Waals surface area contributed by atoms with Crippen LogP contribution < -0.4 is 4.74 Å². The topological polar surface area (TPSA) is 26.3 Å². The van der Waals surface area contributed by atoms with Crippen molar-refractivity contribution >= 4 is 16.8 Å². The first-order valence-electron chi connectivity index (χ1n) is 5.88. The Morgan fingerprint density at radius 3 is 1.95 bits per heavy atom. The zero-order valence-corrected chi connectivity index (χ0v) is 11.6. The molecule has 0 bridgehead atoms. The maximum Gasteiger partial charge on any atom is 0.482 e. The highest BCUT2D eigenvalue weighted by Crippen LogP contribution is 2.70. The SMILES string of the molecule is O=C(Oc1ccc(S(F)(F)C(F)(F)F)cc1)c1ccccc1. The molecule has 0 unspecified atom stereocenters. The van der Waals surface area contributed by atoms with Gasteiger partial charge in [0.05, 0.1) is 10.5 Å². The molecule has 0 atom stereocenters. The Hall–Kier alpha value is -2.09. The Labute approximate surface area is 124 Å². The van der Waals surface area contributed by atoms with E-state index in [1.165, 1.54) is 12.1 Å². The fourth-order valence-electron chi connectivity index (χ4n) is 1.55. The number of hydrogen-bond donors (Lipinski definition) is 0. The maximum absolute atomic E-state index is 13.2. The molecular weight excluding hydrogens is 327 g/mol. The van der Waals surface area contributed by atoms with E-state index in [2.05, 4.69) is 0 Å². The highest BCUT2D eigenvalue weighted by atomic mass is 32.3. The molecule has 0 aliphatic rings. The molecule has 0 aromatic heterocycles. The minimum absolute atomic E-state index is 0.116. The Bertz CT molecular complexity index is 653. The molecule has 118 valence electrons. The van der Waals surface area contributed by atoms with Gasteiger partial charge >= 0.3 is 11.5 Å². The first-order valence-corrected chi connectivity index (χ1v) is 7.31. The molecule has 2 aromatic rings. The van der Waals surface area contributed by atoms with Crippen molar-refractivity contribution in [1.29, 1.82) is 0 Å². The van der Waals surface area contributed by atoms with Crippen molar-refractivity contribution in [2.24, 2.45) is 0 Å². The number of hydrogen-bond acceptors (Lipinski definition) is 2. The summed E-state index contributed by atoms with van der Waals surface area (Å²) in [6.07, 6.45) is 0. The highest BCUT2D eigenvalue weighted by molar-refractivity contribution is 8.26. The van der Waals surface area contributed by atoms with Gasteiger partial charge in [0.2, 0.25) is 0 Å². The number of alkyl halides is 3. The summed E-state index contributed by atoms with van der Waals surface area (Å²) in [5.41, 5.74) is -5.37. The summed E-state index contributed by atoms with van der Waals surface area (Å²) in [6, 6.07) is 10.9. The number of benzene rings is 2. The number of ether oxygens (including phenoxy) is 1. The van der Waals surface area contributed by atoms with Gasteiger partial charge in [-0.1, -0.05) is 18.2 Å². The van der Waals surface area contributed by atoms with Crippen LogP contribution in [0.2, 0.25) is 0 Å². The van der Waals surface area contributed by atoms with Gasteiger partial charge in [0, 0.05) is 0 Å². The van der Waals surface area contributed by atoms with Crippen molar-refractivity contribution in [2.75, 3.05) is 0 Å². The lowest BCUT2D eigenvalue weighted by molar-refractivity contribution is -0.0464. The standard InChI is InChI=1S/C14H9F5O2S/c15-14(16,17)22(18,19)12-8-6-11(7-9-12)21-13(20)10-4-2-1-3-5-10/h1-9H. The van der Waals surface area contributed by atoms with Gasteiger partial charge in [-0.05, 0) is 36.4 Å². The Balaban J connectivity index is 2.15. The van der Waals surface area contributed by atoms with E-state index in [0.29, 0.717) is 12.1 Å². The largest absolute Gasteiger partial charge is 0.482 e. The molecule has 2 aromatic carbocycles. The Morgan fingerprint density at radius 1 is 0.909 bits per heavy atom. The van der Waals surface area contributed by atoms with E-state index in [1.54, 1.807) is 18.2 Å². The van der Waals surface area contributed by atoms with Gasteiger partial charge < -0.3 is 4.74 Å². The predicted molar refractivity (Wildman–Crippen MR) is 72.0 cm³/mol. The molecule has 0 spiro atoms. The first kappa shape index (κ1) is 16.3. The lowest BCUT2D eigenvalue weighted by Gasteiger charge is -2.23. The van der Waals surface area contributed by atoms with Crippen LogP contribution >= 0.6 is 10.8 Å². The predicted octanol–water partition coefficient (Wildman–Crippen LogP) is 5.36. The molecule has 0 amide bonds.